The molecule has 2 aromatic carbocycles. The first-order valence-corrected chi connectivity index (χ1v) is 7.33. The molecular weight excluding hydrogens is 256 g/mol. The van der Waals surface area contributed by atoms with Crippen LogP contribution in [0.15, 0.2) is 59.5 Å². The van der Waals surface area contributed by atoms with Gasteiger partial charge in [-0.2, -0.15) is 0 Å². The zero-order valence-corrected chi connectivity index (χ0v) is 11.8. The van der Waals surface area contributed by atoms with Gasteiger partial charge < -0.3 is 9.84 Å². The van der Waals surface area contributed by atoms with E-state index in [0.29, 0.717) is 6.61 Å². The Morgan fingerprint density at radius 2 is 1.74 bits per heavy atom. The van der Waals surface area contributed by atoms with Crippen LogP contribution in [0.25, 0.3) is 0 Å². The zero-order valence-electron chi connectivity index (χ0n) is 11.0. The molecule has 3 heteroatoms. The van der Waals surface area contributed by atoms with Crippen molar-refractivity contribution in [1.82, 2.24) is 0 Å². The lowest BCUT2D eigenvalue weighted by atomic mass is 10.1. The second-order valence-electron chi connectivity index (χ2n) is 4.22. The van der Waals surface area contributed by atoms with E-state index in [2.05, 4.69) is 12.1 Å². The van der Waals surface area contributed by atoms with Gasteiger partial charge in [-0.1, -0.05) is 36.4 Å². The van der Waals surface area contributed by atoms with Crippen LogP contribution >= 0.6 is 11.8 Å². The Morgan fingerprint density at radius 3 is 2.47 bits per heavy atom. The molecule has 0 radical (unpaired) electrons. The van der Waals surface area contributed by atoms with Crippen molar-refractivity contribution in [1.29, 1.82) is 0 Å². The Balaban J connectivity index is 1.83. The number of hydrogen-bond donors (Lipinski definition) is 1. The molecule has 0 saturated carbocycles. The van der Waals surface area contributed by atoms with Crippen LogP contribution in [0.5, 0.6) is 5.75 Å². The molecule has 1 atom stereocenters. The first kappa shape index (κ1) is 14.0. The molecule has 2 aromatic rings. The summed E-state index contributed by atoms with van der Waals surface area (Å²) in [6.45, 7) is 2.38. The Kier molecular flexibility index (Phi) is 5.31. The molecule has 100 valence electrons. The average Bonchev–Trinajstić information content (AvgIpc) is 2.45. The summed E-state index contributed by atoms with van der Waals surface area (Å²) < 4.78 is 5.74. The molecule has 0 bridgehead atoms. The Morgan fingerprint density at radius 1 is 1.05 bits per heavy atom. The van der Waals surface area contributed by atoms with Gasteiger partial charge in [0, 0.05) is 16.2 Å². The summed E-state index contributed by atoms with van der Waals surface area (Å²) in [6, 6.07) is 17.9. The molecule has 0 fully saturated rings. The standard InChI is InChI=1S/C16H18O2S/c1-13(17)15-9-5-6-10-16(15)18-11-12-19-14-7-3-2-4-8-14/h2-10,13,17H,11-12H2,1H3/t13-/m0/s1. The van der Waals surface area contributed by atoms with Gasteiger partial charge in [-0.05, 0) is 25.1 Å². The van der Waals surface area contributed by atoms with Crippen LogP contribution < -0.4 is 4.74 Å². The Labute approximate surface area is 118 Å². The van der Waals surface area contributed by atoms with Gasteiger partial charge in [0.05, 0.1) is 12.7 Å². The predicted molar refractivity (Wildman–Crippen MR) is 79.7 cm³/mol. The third-order valence-corrected chi connectivity index (χ3v) is 3.70. The minimum atomic E-state index is -0.502. The molecular formula is C16H18O2S. The van der Waals surface area contributed by atoms with Crippen LogP contribution in [-0.4, -0.2) is 17.5 Å². The van der Waals surface area contributed by atoms with Crippen molar-refractivity contribution in [3.63, 3.8) is 0 Å². The predicted octanol–water partition coefficient (Wildman–Crippen LogP) is 3.91. The van der Waals surface area contributed by atoms with Crippen LogP contribution in [0.4, 0.5) is 0 Å². The molecule has 2 rings (SSSR count). The first-order valence-electron chi connectivity index (χ1n) is 6.35. The molecule has 0 heterocycles. The SMILES string of the molecule is C[C@H](O)c1ccccc1OCCSc1ccccc1. The molecule has 0 spiro atoms. The Bertz CT molecular complexity index is 497. The molecule has 0 aliphatic rings. The highest BCUT2D eigenvalue weighted by molar-refractivity contribution is 7.99. The lowest BCUT2D eigenvalue weighted by Crippen LogP contribution is -2.03. The van der Waals surface area contributed by atoms with Gasteiger partial charge in [-0.3, -0.25) is 0 Å². The summed E-state index contributed by atoms with van der Waals surface area (Å²) in [6.07, 6.45) is -0.502. The van der Waals surface area contributed by atoms with Crippen LogP contribution in [-0.2, 0) is 0 Å². The molecule has 0 amide bonds. The summed E-state index contributed by atoms with van der Waals surface area (Å²) >= 11 is 1.77. The van der Waals surface area contributed by atoms with Gasteiger partial charge in [0.15, 0.2) is 0 Å². The van der Waals surface area contributed by atoms with E-state index >= 15 is 0 Å². The van der Waals surface area contributed by atoms with E-state index in [1.807, 2.05) is 42.5 Å². The summed E-state index contributed by atoms with van der Waals surface area (Å²) in [4.78, 5) is 1.25. The number of aliphatic hydroxyl groups excluding tert-OH is 1. The van der Waals surface area contributed by atoms with Crippen molar-refractivity contribution in [2.24, 2.45) is 0 Å². The van der Waals surface area contributed by atoms with Gasteiger partial charge in [0.25, 0.3) is 0 Å². The van der Waals surface area contributed by atoms with Crippen molar-refractivity contribution >= 4 is 11.8 Å². The largest absolute Gasteiger partial charge is 0.492 e. The number of ether oxygens (including phenoxy) is 1. The van der Waals surface area contributed by atoms with Gasteiger partial charge in [0.1, 0.15) is 5.75 Å². The van der Waals surface area contributed by atoms with Crippen LogP contribution in [0.1, 0.15) is 18.6 Å². The van der Waals surface area contributed by atoms with Crippen molar-refractivity contribution < 1.29 is 9.84 Å². The summed E-state index contributed by atoms with van der Waals surface area (Å²) in [5, 5.41) is 9.65. The number of aliphatic hydroxyl groups is 1. The molecule has 0 aliphatic carbocycles. The summed E-state index contributed by atoms with van der Waals surface area (Å²) in [5.41, 5.74) is 0.840. The summed E-state index contributed by atoms with van der Waals surface area (Å²) in [7, 11) is 0. The van der Waals surface area contributed by atoms with Crippen molar-refractivity contribution in [3.8, 4) is 5.75 Å². The van der Waals surface area contributed by atoms with Crippen LogP contribution in [0, 0.1) is 0 Å². The van der Waals surface area contributed by atoms with Crippen molar-refractivity contribution in [3.05, 3.63) is 60.2 Å². The molecule has 0 aliphatic heterocycles. The molecule has 0 saturated heterocycles. The highest BCUT2D eigenvalue weighted by Gasteiger charge is 2.07. The van der Waals surface area contributed by atoms with Crippen LogP contribution in [0.2, 0.25) is 0 Å². The van der Waals surface area contributed by atoms with Gasteiger partial charge >= 0.3 is 0 Å². The average molecular weight is 274 g/mol. The molecule has 19 heavy (non-hydrogen) atoms. The maximum Gasteiger partial charge on any atom is 0.125 e. The third kappa shape index (κ3) is 4.30. The topological polar surface area (TPSA) is 29.5 Å². The quantitative estimate of drug-likeness (QED) is 0.639. The van der Waals surface area contributed by atoms with Gasteiger partial charge in [-0.15, -0.1) is 11.8 Å². The number of rotatable bonds is 6. The van der Waals surface area contributed by atoms with E-state index in [1.165, 1.54) is 4.90 Å². The normalized spacial score (nSPS) is 12.1. The van der Waals surface area contributed by atoms with E-state index in [4.69, 9.17) is 4.74 Å². The van der Waals surface area contributed by atoms with E-state index in [1.54, 1.807) is 18.7 Å². The fraction of sp³-hybridized carbons (Fsp3) is 0.250. The van der Waals surface area contributed by atoms with E-state index in [-0.39, 0.29) is 0 Å². The lowest BCUT2D eigenvalue weighted by molar-refractivity contribution is 0.192. The summed E-state index contributed by atoms with van der Waals surface area (Å²) in [5.74, 6) is 1.66. The highest BCUT2D eigenvalue weighted by Crippen LogP contribution is 2.25. The lowest BCUT2D eigenvalue weighted by Gasteiger charge is -2.13. The zero-order chi connectivity index (χ0) is 13.5. The van der Waals surface area contributed by atoms with Crippen molar-refractivity contribution in [2.45, 2.75) is 17.9 Å². The first-order chi connectivity index (χ1) is 9.27. The minimum absolute atomic E-state index is 0.502. The molecule has 2 nitrogen and oxygen atoms in total. The fourth-order valence-corrected chi connectivity index (χ4v) is 2.54. The minimum Gasteiger partial charge on any atom is -0.492 e. The van der Waals surface area contributed by atoms with Gasteiger partial charge in [0.2, 0.25) is 0 Å². The van der Waals surface area contributed by atoms with Gasteiger partial charge in [-0.25, -0.2) is 0 Å². The number of thioether (sulfide) groups is 1. The highest BCUT2D eigenvalue weighted by atomic mass is 32.2. The number of hydrogen-bond acceptors (Lipinski definition) is 3. The maximum atomic E-state index is 9.65. The monoisotopic (exact) mass is 274 g/mol. The van der Waals surface area contributed by atoms with Crippen molar-refractivity contribution in [2.75, 3.05) is 12.4 Å². The fourth-order valence-electron chi connectivity index (χ4n) is 1.78. The smallest absolute Gasteiger partial charge is 0.125 e. The molecule has 0 unspecified atom stereocenters. The second kappa shape index (κ2) is 7.22. The number of para-hydroxylation sites is 1. The third-order valence-electron chi connectivity index (χ3n) is 2.72. The Hall–Kier alpha value is -1.45. The number of benzene rings is 2. The van der Waals surface area contributed by atoms with E-state index in [0.717, 1.165) is 17.1 Å². The second-order valence-corrected chi connectivity index (χ2v) is 5.39. The van der Waals surface area contributed by atoms with E-state index in [9.17, 15) is 5.11 Å². The maximum absolute atomic E-state index is 9.65. The molecule has 0 aromatic heterocycles. The molecule has 1 N–H and O–H groups in total. The van der Waals surface area contributed by atoms with Crippen LogP contribution in [0.3, 0.4) is 0 Å². The van der Waals surface area contributed by atoms with E-state index < -0.39 is 6.10 Å².